The molecule has 1 aliphatic rings. The standard InChI is InChI=1S/C13H24N6/c1-3-11-16-12(9-13(17-11)18-14)15-7-8-19(4-2)10-5-6-10/h9-10H,3-8,14H2,1-2H3,(H2,15,16,17,18). The Morgan fingerprint density at radius 1 is 1.32 bits per heavy atom. The van der Waals surface area contributed by atoms with Crippen molar-refractivity contribution in [2.24, 2.45) is 5.84 Å². The fourth-order valence-corrected chi connectivity index (χ4v) is 2.19. The highest BCUT2D eigenvalue weighted by Gasteiger charge is 2.27. The fourth-order valence-electron chi connectivity index (χ4n) is 2.19. The zero-order valence-corrected chi connectivity index (χ0v) is 11.8. The first-order chi connectivity index (χ1) is 9.26. The second-order valence-electron chi connectivity index (χ2n) is 4.84. The molecule has 1 aromatic heterocycles. The van der Waals surface area contributed by atoms with Crippen LogP contribution in [-0.4, -0.2) is 40.5 Å². The Bertz CT molecular complexity index is 382. The summed E-state index contributed by atoms with van der Waals surface area (Å²) >= 11 is 0. The molecule has 0 aromatic carbocycles. The van der Waals surface area contributed by atoms with Crippen molar-refractivity contribution >= 4 is 11.6 Å². The number of aryl methyl sites for hydroxylation is 1. The summed E-state index contributed by atoms with van der Waals surface area (Å²) < 4.78 is 0. The molecule has 0 amide bonds. The van der Waals surface area contributed by atoms with Crippen LogP contribution in [0, 0.1) is 0 Å². The summed E-state index contributed by atoms with van der Waals surface area (Å²) in [5.41, 5.74) is 2.58. The number of likely N-dealkylation sites (N-methyl/N-ethyl adjacent to an activating group) is 1. The number of nitrogens with two attached hydrogens (primary N) is 1. The molecule has 0 saturated heterocycles. The third kappa shape index (κ3) is 4.04. The minimum Gasteiger partial charge on any atom is -0.369 e. The number of hydrazine groups is 1. The lowest BCUT2D eigenvalue weighted by atomic mass is 10.4. The maximum atomic E-state index is 5.41. The van der Waals surface area contributed by atoms with Crippen LogP contribution in [0.5, 0.6) is 0 Å². The van der Waals surface area contributed by atoms with Crippen molar-refractivity contribution in [3.63, 3.8) is 0 Å². The second kappa shape index (κ2) is 6.68. The predicted octanol–water partition coefficient (Wildman–Crippen LogP) is 1.22. The van der Waals surface area contributed by atoms with E-state index >= 15 is 0 Å². The number of anilines is 2. The molecule has 1 heterocycles. The topological polar surface area (TPSA) is 79.1 Å². The van der Waals surface area contributed by atoms with Gasteiger partial charge in [0, 0.05) is 31.6 Å². The maximum absolute atomic E-state index is 5.41. The monoisotopic (exact) mass is 264 g/mol. The van der Waals surface area contributed by atoms with E-state index in [0.29, 0.717) is 5.82 Å². The van der Waals surface area contributed by atoms with Crippen molar-refractivity contribution < 1.29 is 0 Å². The molecule has 4 N–H and O–H groups in total. The molecule has 1 saturated carbocycles. The summed E-state index contributed by atoms with van der Waals surface area (Å²) in [6, 6.07) is 2.65. The average Bonchev–Trinajstić information content (AvgIpc) is 3.27. The molecular formula is C13H24N6. The average molecular weight is 264 g/mol. The largest absolute Gasteiger partial charge is 0.369 e. The molecule has 106 valence electrons. The van der Waals surface area contributed by atoms with Crippen LogP contribution in [0.4, 0.5) is 11.6 Å². The zero-order chi connectivity index (χ0) is 13.7. The molecule has 6 heteroatoms. The molecule has 1 aromatic rings. The highest BCUT2D eigenvalue weighted by Crippen LogP contribution is 2.25. The van der Waals surface area contributed by atoms with Gasteiger partial charge in [0.25, 0.3) is 0 Å². The third-order valence-electron chi connectivity index (χ3n) is 3.41. The van der Waals surface area contributed by atoms with Crippen LogP contribution in [0.25, 0.3) is 0 Å². The highest BCUT2D eigenvalue weighted by atomic mass is 15.3. The molecule has 0 radical (unpaired) electrons. The maximum Gasteiger partial charge on any atom is 0.145 e. The van der Waals surface area contributed by atoms with Crippen molar-refractivity contribution in [1.82, 2.24) is 14.9 Å². The normalized spacial score (nSPS) is 14.7. The van der Waals surface area contributed by atoms with E-state index in [1.54, 1.807) is 0 Å². The predicted molar refractivity (Wildman–Crippen MR) is 78.0 cm³/mol. The third-order valence-corrected chi connectivity index (χ3v) is 3.41. The van der Waals surface area contributed by atoms with Crippen molar-refractivity contribution in [3.8, 4) is 0 Å². The Morgan fingerprint density at radius 2 is 2.05 bits per heavy atom. The first-order valence-corrected chi connectivity index (χ1v) is 7.09. The van der Waals surface area contributed by atoms with Crippen molar-refractivity contribution in [1.29, 1.82) is 0 Å². The van der Waals surface area contributed by atoms with Crippen molar-refractivity contribution in [3.05, 3.63) is 11.9 Å². The van der Waals surface area contributed by atoms with E-state index in [9.17, 15) is 0 Å². The van der Waals surface area contributed by atoms with Crippen LogP contribution >= 0.6 is 0 Å². The number of hydrogen-bond donors (Lipinski definition) is 3. The van der Waals surface area contributed by atoms with Gasteiger partial charge in [-0.1, -0.05) is 13.8 Å². The number of rotatable bonds is 8. The van der Waals surface area contributed by atoms with Gasteiger partial charge in [0.15, 0.2) is 0 Å². The van der Waals surface area contributed by atoms with Gasteiger partial charge >= 0.3 is 0 Å². The Kier molecular flexibility index (Phi) is 4.93. The molecule has 1 aliphatic carbocycles. The SMILES string of the molecule is CCc1nc(NN)cc(NCCN(CC)C2CC2)n1. The number of hydrogen-bond acceptors (Lipinski definition) is 6. The smallest absolute Gasteiger partial charge is 0.145 e. The van der Waals surface area contributed by atoms with Crippen molar-refractivity contribution in [2.75, 3.05) is 30.4 Å². The lowest BCUT2D eigenvalue weighted by molar-refractivity contribution is 0.289. The molecule has 0 aliphatic heterocycles. The van der Waals surface area contributed by atoms with E-state index in [-0.39, 0.29) is 0 Å². The van der Waals surface area contributed by atoms with E-state index in [1.807, 2.05) is 13.0 Å². The zero-order valence-electron chi connectivity index (χ0n) is 11.8. The van der Waals surface area contributed by atoms with E-state index in [1.165, 1.54) is 12.8 Å². The fraction of sp³-hybridized carbons (Fsp3) is 0.692. The van der Waals surface area contributed by atoms with Gasteiger partial charge in [-0.2, -0.15) is 0 Å². The van der Waals surface area contributed by atoms with Gasteiger partial charge in [-0.15, -0.1) is 0 Å². The molecule has 0 unspecified atom stereocenters. The summed E-state index contributed by atoms with van der Waals surface area (Å²) in [5, 5.41) is 3.35. The number of nitrogens with zero attached hydrogens (tertiary/aromatic N) is 3. The highest BCUT2D eigenvalue weighted by molar-refractivity contribution is 5.46. The lowest BCUT2D eigenvalue weighted by Crippen LogP contribution is -2.31. The second-order valence-corrected chi connectivity index (χ2v) is 4.84. The molecule has 0 bridgehead atoms. The van der Waals surface area contributed by atoms with Gasteiger partial charge in [0.1, 0.15) is 17.5 Å². The molecular weight excluding hydrogens is 240 g/mol. The van der Waals surface area contributed by atoms with E-state index in [4.69, 9.17) is 5.84 Å². The number of aromatic nitrogens is 2. The first-order valence-electron chi connectivity index (χ1n) is 7.09. The van der Waals surface area contributed by atoms with Crippen LogP contribution in [0.2, 0.25) is 0 Å². The van der Waals surface area contributed by atoms with Crippen LogP contribution < -0.4 is 16.6 Å². The molecule has 19 heavy (non-hydrogen) atoms. The van der Waals surface area contributed by atoms with E-state index in [0.717, 1.165) is 43.7 Å². The Balaban J connectivity index is 1.87. The Morgan fingerprint density at radius 3 is 2.63 bits per heavy atom. The lowest BCUT2D eigenvalue weighted by Gasteiger charge is -2.20. The van der Waals surface area contributed by atoms with E-state index in [2.05, 4.69) is 32.5 Å². The molecule has 6 nitrogen and oxygen atoms in total. The van der Waals surface area contributed by atoms with Crippen LogP contribution in [0.3, 0.4) is 0 Å². The van der Waals surface area contributed by atoms with E-state index < -0.39 is 0 Å². The summed E-state index contributed by atoms with van der Waals surface area (Å²) in [6.45, 7) is 7.32. The summed E-state index contributed by atoms with van der Waals surface area (Å²) in [7, 11) is 0. The van der Waals surface area contributed by atoms with Crippen LogP contribution in [-0.2, 0) is 6.42 Å². The molecule has 1 fully saturated rings. The van der Waals surface area contributed by atoms with Crippen LogP contribution in [0.15, 0.2) is 6.07 Å². The molecule has 0 spiro atoms. The number of nitrogen functional groups attached to an aromatic ring is 1. The van der Waals surface area contributed by atoms with Gasteiger partial charge in [-0.05, 0) is 19.4 Å². The molecule has 0 atom stereocenters. The van der Waals surface area contributed by atoms with Gasteiger partial charge < -0.3 is 10.7 Å². The van der Waals surface area contributed by atoms with Crippen molar-refractivity contribution in [2.45, 2.75) is 39.2 Å². The molecule has 2 rings (SSSR count). The quantitative estimate of drug-likeness (QED) is 0.484. The minimum atomic E-state index is 0.656. The Hall–Kier alpha value is -1.40. The summed E-state index contributed by atoms with van der Waals surface area (Å²) in [6.07, 6.45) is 3.50. The van der Waals surface area contributed by atoms with Crippen LogP contribution in [0.1, 0.15) is 32.5 Å². The Labute approximate surface area is 114 Å². The summed E-state index contributed by atoms with van der Waals surface area (Å²) in [4.78, 5) is 11.2. The summed E-state index contributed by atoms with van der Waals surface area (Å²) in [5.74, 6) is 7.71. The number of nitrogens with one attached hydrogen (secondary N) is 2. The van der Waals surface area contributed by atoms with Gasteiger partial charge in [0.2, 0.25) is 0 Å². The van der Waals surface area contributed by atoms with Gasteiger partial charge in [0.05, 0.1) is 0 Å². The first kappa shape index (κ1) is 14.0. The van der Waals surface area contributed by atoms with Gasteiger partial charge in [-0.25, -0.2) is 15.8 Å². The minimum absolute atomic E-state index is 0.656. The van der Waals surface area contributed by atoms with Gasteiger partial charge in [-0.3, -0.25) is 4.90 Å².